The standard InChI is InChI=1S/C11H22N2O/c1-8-5-9(6-12)7-13(10(8)14)11(2,3)4/h8-9H,5-7,12H2,1-4H3/t8-,9-/m1/s1. The van der Waals surface area contributed by atoms with E-state index >= 15 is 0 Å². The highest BCUT2D eigenvalue weighted by Gasteiger charge is 2.36. The number of nitrogens with zero attached hydrogens (tertiary/aromatic N) is 1. The second-order valence-electron chi connectivity index (χ2n) is 5.36. The Hall–Kier alpha value is -0.570. The van der Waals surface area contributed by atoms with E-state index < -0.39 is 0 Å². The smallest absolute Gasteiger partial charge is 0.225 e. The number of piperidine rings is 1. The van der Waals surface area contributed by atoms with Crippen LogP contribution >= 0.6 is 0 Å². The lowest BCUT2D eigenvalue weighted by atomic mass is 9.87. The number of carbonyl (C=O) groups excluding carboxylic acids is 1. The van der Waals surface area contributed by atoms with Crippen LogP contribution in [0.2, 0.25) is 0 Å². The van der Waals surface area contributed by atoms with Gasteiger partial charge in [-0.3, -0.25) is 4.79 Å². The zero-order valence-corrected chi connectivity index (χ0v) is 9.71. The fraction of sp³-hybridized carbons (Fsp3) is 0.909. The van der Waals surface area contributed by atoms with Crippen LogP contribution in [0, 0.1) is 11.8 Å². The highest BCUT2D eigenvalue weighted by molar-refractivity contribution is 5.80. The summed E-state index contributed by atoms with van der Waals surface area (Å²) in [5.74, 6) is 0.889. The fourth-order valence-corrected chi connectivity index (χ4v) is 2.06. The molecular formula is C11H22N2O. The highest BCUT2D eigenvalue weighted by atomic mass is 16.2. The van der Waals surface area contributed by atoms with Crippen LogP contribution in [-0.2, 0) is 4.79 Å². The maximum Gasteiger partial charge on any atom is 0.225 e. The third-order valence-electron chi connectivity index (χ3n) is 2.96. The molecule has 3 heteroatoms. The zero-order chi connectivity index (χ0) is 10.9. The van der Waals surface area contributed by atoms with Crippen molar-refractivity contribution < 1.29 is 4.79 Å². The van der Waals surface area contributed by atoms with Gasteiger partial charge in [-0.2, -0.15) is 0 Å². The molecular weight excluding hydrogens is 176 g/mol. The van der Waals surface area contributed by atoms with Gasteiger partial charge >= 0.3 is 0 Å². The van der Waals surface area contributed by atoms with Crippen LogP contribution < -0.4 is 5.73 Å². The summed E-state index contributed by atoms with van der Waals surface area (Å²) < 4.78 is 0. The first-order valence-electron chi connectivity index (χ1n) is 5.37. The van der Waals surface area contributed by atoms with Crippen molar-refractivity contribution in [2.75, 3.05) is 13.1 Å². The molecule has 0 bridgehead atoms. The van der Waals surface area contributed by atoms with Crippen molar-refractivity contribution in [1.29, 1.82) is 0 Å². The van der Waals surface area contributed by atoms with Gasteiger partial charge in [0.25, 0.3) is 0 Å². The summed E-state index contributed by atoms with van der Waals surface area (Å²) >= 11 is 0. The zero-order valence-electron chi connectivity index (χ0n) is 9.71. The molecule has 82 valence electrons. The molecule has 1 aliphatic rings. The number of carbonyl (C=O) groups is 1. The van der Waals surface area contributed by atoms with E-state index in [0.29, 0.717) is 12.5 Å². The summed E-state index contributed by atoms with van der Waals surface area (Å²) in [7, 11) is 0. The predicted molar refractivity (Wildman–Crippen MR) is 57.8 cm³/mol. The maximum atomic E-state index is 11.9. The molecule has 1 heterocycles. The molecule has 0 aromatic carbocycles. The molecule has 1 saturated heterocycles. The van der Waals surface area contributed by atoms with Crippen molar-refractivity contribution in [3.63, 3.8) is 0 Å². The number of rotatable bonds is 1. The topological polar surface area (TPSA) is 46.3 Å². The van der Waals surface area contributed by atoms with Gasteiger partial charge in [-0.15, -0.1) is 0 Å². The van der Waals surface area contributed by atoms with E-state index in [1.54, 1.807) is 0 Å². The number of likely N-dealkylation sites (tertiary alicyclic amines) is 1. The van der Waals surface area contributed by atoms with Crippen molar-refractivity contribution in [3.05, 3.63) is 0 Å². The molecule has 1 amide bonds. The summed E-state index contributed by atoms with van der Waals surface area (Å²) in [5, 5.41) is 0. The maximum absolute atomic E-state index is 11.9. The van der Waals surface area contributed by atoms with Gasteiger partial charge in [0, 0.05) is 18.0 Å². The molecule has 3 nitrogen and oxygen atoms in total. The summed E-state index contributed by atoms with van der Waals surface area (Å²) in [4.78, 5) is 13.9. The van der Waals surface area contributed by atoms with Crippen molar-refractivity contribution in [2.24, 2.45) is 17.6 Å². The van der Waals surface area contributed by atoms with Crippen molar-refractivity contribution >= 4 is 5.91 Å². The number of hydrogen-bond donors (Lipinski definition) is 1. The fourth-order valence-electron chi connectivity index (χ4n) is 2.06. The van der Waals surface area contributed by atoms with E-state index in [0.717, 1.165) is 13.0 Å². The van der Waals surface area contributed by atoms with Crippen LogP contribution in [0.5, 0.6) is 0 Å². The van der Waals surface area contributed by atoms with Crippen molar-refractivity contribution in [2.45, 2.75) is 39.7 Å². The van der Waals surface area contributed by atoms with Gasteiger partial charge in [-0.25, -0.2) is 0 Å². The Balaban J connectivity index is 2.78. The quantitative estimate of drug-likeness (QED) is 0.689. The lowest BCUT2D eigenvalue weighted by Gasteiger charge is -2.43. The Morgan fingerprint density at radius 1 is 1.50 bits per heavy atom. The van der Waals surface area contributed by atoms with Crippen molar-refractivity contribution in [1.82, 2.24) is 4.90 Å². The highest BCUT2D eigenvalue weighted by Crippen LogP contribution is 2.27. The van der Waals surface area contributed by atoms with Gasteiger partial charge in [-0.1, -0.05) is 6.92 Å². The molecule has 0 aromatic rings. The van der Waals surface area contributed by atoms with Crippen LogP contribution in [0.1, 0.15) is 34.1 Å². The van der Waals surface area contributed by atoms with E-state index in [1.165, 1.54) is 0 Å². The minimum absolute atomic E-state index is 0.0703. The number of hydrogen-bond acceptors (Lipinski definition) is 2. The second-order valence-corrected chi connectivity index (χ2v) is 5.36. The Morgan fingerprint density at radius 3 is 2.50 bits per heavy atom. The van der Waals surface area contributed by atoms with Gasteiger partial charge < -0.3 is 10.6 Å². The first kappa shape index (κ1) is 11.5. The monoisotopic (exact) mass is 198 g/mol. The minimum atomic E-state index is -0.0703. The molecule has 1 fully saturated rings. The summed E-state index contributed by atoms with van der Waals surface area (Å²) in [5.41, 5.74) is 5.61. The molecule has 2 atom stereocenters. The molecule has 0 saturated carbocycles. The molecule has 1 rings (SSSR count). The average Bonchev–Trinajstić information content (AvgIpc) is 2.07. The van der Waals surface area contributed by atoms with Crippen LogP contribution in [-0.4, -0.2) is 29.4 Å². The van der Waals surface area contributed by atoms with Crippen LogP contribution in [0.3, 0.4) is 0 Å². The third-order valence-corrected chi connectivity index (χ3v) is 2.96. The molecule has 0 spiro atoms. The summed E-state index contributed by atoms with van der Waals surface area (Å²) in [6.45, 7) is 9.75. The van der Waals surface area contributed by atoms with Crippen LogP contribution in [0.4, 0.5) is 0 Å². The predicted octanol–water partition coefficient (Wildman–Crippen LogP) is 1.23. The lowest BCUT2D eigenvalue weighted by molar-refractivity contribution is -0.145. The van der Waals surface area contributed by atoms with Gasteiger partial charge in [0.05, 0.1) is 0 Å². The first-order chi connectivity index (χ1) is 6.36. The molecule has 0 radical (unpaired) electrons. The Labute approximate surface area is 86.6 Å². The largest absolute Gasteiger partial charge is 0.337 e. The van der Waals surface area contributed by atoms with E-state index in [1.807, 2.05) is 11.8 Å². The first-order valence-corrected chi connectivity index (χ1v) is 5.37. The second kappa shape index (κ2) is 3.89. The summed E-state index contributed by atoms with van der Waals surface area (Å²) in [6, 6.07) is 0. The van der Waals surface area contributed by atoms with Gasteiger partial charge in [0.2, 0.25) is 5.91 Å². The molecule has 0 aliphatic carbocycles. The van der Waals surface area contributed by atoms with E-state index in [2.05, 4.69) is 20.8 Å². The van der Waals surface area contributed by atoms with Gasteiger partial charge in [0.15, 0.2) is 0 Å². The van der Waals surface area contributed by atoms with Gasteiger partial charge in [-0.05, 0) is 39.7 Å². The van der Waals surface area contributed by atoms with Gasteiger partial charge in [0.1, 0.15) is 0 Å². The molecule has 0 aromatic heterocycles. The van der Waals surface area contributed by atoms with Crippen molar-refractivity contribution in [3.8, 4) is 0 Å². The molecule has 1 aliphatic heterocycles. The molecule has 14 heavy (non-hydrogen) atoms. The van der Waals surface area contributed by atoms with Crippen LogP contribution in [0.25, 0.3) is 0 Å². The average molecular weight is 198 g/mol. The Kier molecular flexibility index (Phi) is 3.20. The van der Waals surface area contributed by atoms with E-state index in [9.17, 15) is 4.79 Å². The normalized spacial score (nSPS) is 29.5. The summed E-state index contributed by atoms with van der Waals surface area (Å²) in [6.07, 6.45) is 0.946. The van der Waals surface area contributed by atoms with Crippen LogP contribution in [0.15, 0.2) is 0 Å². The lowest BCUT2D eigenvalue weighted by Crippen LogP contribution is -2.54. The minimum Gasteiger partial charge on any atom is -0.337 e. The Morgan fingerprint density at radius 2 is 2.07 bits per heavy atom. The van der Waals surface area contributed by atoms with E-state index in [-0.39, 0.29) is 17.4 Å². The number of nitrogens with two attached hydrogens (primary N) is 1. The molecule has 0 unspecified atom stereocenters. The Bertz CT molecular complexity index is 220. The molecule has 2 N–H and O–H groups in total. The number of amides is 1. The third kappa shape index (κ3) is 2.27. The SMILES string of the molecule is C[C@@H]1C[C@H](CN)CN(C(C)(C)C)C1=O. The van der Waals surface area contributed by atoms with E-state index in [4.69, 9.17) is 5.73 Å².